The lowest BCUT2D eigenvalue weighted by Crippen LogP contribution is -2.41. The molecular weight excluding hydrogens is 274 g/mol. The molecule has 1 aromatic rings. The fourth-order valence-electron chi connectivity index (χ4n) is 2.84. The summed E-state index contributed by atoms with van der Waals surface area (Å²) >= 11 is 0. The summed E-state index contributed by atoms with van der Waals surface area (Å²) in [4.78, 5) is 26.0. The van der Waals surface area contributed by atoms with Crippen molar-refractivity contribution >= 4 is 11.9 Å². The molecule has 21 heavy (non-hydrogen) atoms. The third-order valence-electron chi connectivity index (χ3n) is 3.95. The van der Waals surface area contributed by atoms with Crippen LogP contribution in [-0.4, -0.2) is 48.7 Å². The molecule has 0 aliphatic carbocycles. The molecule has 6 nitrogen and oxygen atoms in total. The molecule has 2 saturated heterocycles. The van der Waals surface area contributed by atoms with E-state index in [0.29, 0.717) is 13.0 Å². The van der Waals surface area contributed by atoms with Crippen molar-refractivity contribution < 1.29 is 23.5 Å². The molecule has 2 fully saturated rings. The van der Waals surface area contributed by atoms with E-state index in [9.17, 15) is 9.59 Å². The Morgan fingerprint density at radius 1 is 1.33 bits per heavy atom. The second kappa shape index (κ2) is 6.30. The van der Waals surface area contributed by atoms with E-state index >= 15 is 0 Å². The zero-order chi connectivity index (χ0) is 14.7. The Kier molecular flexibility index (Phi) is 4.24. The number of ether oxygens (including phenoxy) is 2. The molecule has 1 aromatic heterocycles. The van der Waals surface area contributed by atoms with Gasteiger partial charge in [-0.3, -0.25) is 4.79 Å². The number of likely N-dealkylation sites (tertiary alicyclic amines) is 1. The number of nitrogens with zero attached hydrogens (tertiary/aromatic N) is 1. The lowest BCUT2D eigenvalue weighted by Gasteiger charge is -2.22. The number of hydrogen-bond donors (Lipinski definition) is 0. The Bertz CT molecular complexity index is 492. The van der Waals surface area contributed by atoms with Crippen LogP contribution in [0, 0.1) is 0 Å². The van der Waals surface area contributed by atoms with Crippen molar-refractivity contribution in [2.24, 2.45) is 0 Å². The van der Waals surface area contributed by atoms with Gasteiger partial charge in [-0.15, -0.1) is 0 Å². The van der Waals surface area contributed by atoms with Crippen LogP contribution >= 0.6 is 0 Å². The van der Waals surface area contributed by atoms with Gasteiger partial charge >= 0.3 is 5.97 Å². The summed E-state index contributed by atoms with van der Waals surface area (Å²) in [6.07, 6.45) is 4.82. The van der Waals surface area contributed by atoms with E-state index < -0.39 is 6.04 Å². The maximum atomic E-state index is 12.3. The quantitative estimate of drug-likeness (QED) is 0.789. The fourth-order valence-corrected chi connectivity index (χ4v) is 2.84. The van der Waals surface area contributed by atoms with Gasteiger partial charge in [0.15, 0.2) is 5.76 Å². The number of carbonyl (C=O) groups excluding carboxylic acids is 2. The molecule has 0 bridgehead atoms. The third kappa shape index (κ3) is 3.10. The molecule has 2 aliphatic heterocycles. The number of esters is 1. The Hall–Kier alpha value is -1.82. The lowest BCUT2D eigenvalue weighted by atomic mass is 10.2. The first-order valence-electron chi connectivity index (χ1n) is 7.38. The summed E-state index contributed by atoms with van der Waals surface area (Å²) in [6, 6.07) is 2.76. The van der Waals surface area contributed by atoms with E-state index in [2.05, 4.69) is 0 Å². The van der Waals surface area contributed by atoms with Gasteiger partial charge < -0.3 is 18.8 Å². The molecule has 1 amide bonds. The molecule has 114 valence electrons. The van der Waals surface area contributed by atoms with Crippen molar-refractivity contribution in [3.63, 3.8) is 0 Å². The molecule has 2 aliphatic rings. The maximum absolute atomic E-state index is 12.3. The van der Waals surface area contributed by atoms with Crippen LogP contribution in [0.4, 0.5) is 0 Å². The SMILES string of the molecule is O=C(OCC1CCCO1)C1CCCN1C(=O)c1ccco1. The molecule has 2 unspecified atom stereocenters. The van der Waals surface area contributed by atoms with E-state index in [1.807, 2.05) is 0 Å². The zero-order valence-corrected chi connectivity index (χ0v) is 11.8. The topological polar surface area (TPSA) is 69.0 Å². The van der Waals surface area contributed by atoms with Crippen LogP contribution in [0.15, 0.2) is 22.8 Å². The van der Waals surface area contributed by atoms with Crippen molar-refractivity contribution in [3.8, 4) is 0 Å². The summed E-state index contributed by atoms with van der Waals surface area (Å²) in [5.41, 5.74) is 0. The largest absolute Gasteiger partial charge is 0.461 e. The third-order valence-corrected chi connectivity index (χ3v) is 3.95. The van der Waals surface area contributed by atoms with Crippen molar-refractivity contribution in [1.29, 1.82) is 0 Å². The highest BCUT2D eigenvalue weighted by atomic mass is 16.6. The average molecular weight is 293 g/mol. The second-order valence-electron chi connectivity index (χ2n) is 5.40. The van der Waals surface area contributed by atoms with Gasteiger partial charge in [-0.1, -0.05) is 0 Å². The van der Waals surface area contributed by atoms with Crippen LogP contribution in [0.25, 0.3) is 0 Å². The van der Waals surface area contributed by atoms with Crippen LogP contribution in [0.2, 0.25) is 0 Å². The van der Waals surface area contributed by atoms with Gasteiger partial charge in [0.25, 0.3) is 5.91 Å². The van der Waals surface area contributed by atoms with Crippen molar-refractivity contribution in [2.75, 3.05) is 19.8 Å². The summed E-state index contributed by atoms with van der Waals surface area (Å²) in [6.45, 7) is 1.56. The maximum Gasteiger partial charge on any atom is 0.328 e. The minimum absolute atomic E-state index is 0.00424. The molecular formula is C15H19NO5. The molecule has 0 saturated carbocycles. The van der Waals surface area contributed by atoms with Gasteiger partial charge in [0, 0.05) is 13.2 Å². The molecule has 6 heteroatoms. The Morgan fingerprint density at radius 3 is 2.95 bits per heavy atom. The highest BCUT2D eigenvalue weighted by Crippen LogP contribution is 2.22. The van der Waals surface area contributed by atoms with Gasteiger partial charge in [0.1, 0.15) is 12.6 Å². The van der Waals surface area contributed by atoms with E-state index in [1.165, 1.54) is 11.2 Å². The predicted molar refractivity (Wildman–Crippen MR) is 72.7 cm³/mol. The van der Waals surface area contributed by atoms with Crippen LogP contribution in [0.3, 0.4) is 0 Å². The molecule has 2 atom stereocenters. The molecule has 3 heterocycles. The highest BCUT2D eigenvalue weighted by molar-refractivity contribution is 5.94. The zero-order valence-electron chi connectivity index (χ0n) is 11.8. The molecule has 0 spiro atoms. The van der Waals surface area contributed by atoms with E-state index in [4.69, 9.17) is 13.9 Å². The van der Waals surface area contributed by atoms with Gasteiger partial charge in [-0.2, -0.15) is 0 Å². The molecule has 0 radical (unpaired) electrons. The summed E-state index contributed by atoms with van der Waals surface area (Å²) in [5, 5.41) is 0. The van der Waals surface area contributed by atoms with E-state index in [-0.39, 0.29) is 30.3 Å². The van der Waals surface area contributed by atoms with E-state index in [1.54, 1.807) is 12.1 Å². The van der Waals surface area contributed by atoms with Gasteiger partial charge in [-0.05, 0) is 37.8 Å². The first-order valence-corrected chi connectivity index (χ1v) is 7.38. The minimum Gasteiger partial charge on any atom is -0.461 e. The van der Waals surface area contributed by atoms with Gasteiger partial charge in [0.05, 0.1) is 12.4 Å². The second-order valence-corrected chi connectivity index (χ2v) is 5.40. The minimum atomic E-state index is -0.510. The monoisotopic (exact) mass is 293 g/mol. The normalized spacial score (nSPS) is 25.2. The number of furan rings is 1. The highest BCUT2D eigenvalue weighted by Gasteiger charge is 2.37. The standard InChI is InChI=1S/C15H19NO5/c17-14(13-6-3-9-20-13)16-7-1-5-12(16)15(18)21-10-11-4-2-8-19-11/h3,6,9,11-12H,1-2,4-5,7-8,10H2. The molecule has 0 aromatic carbocycles. The molecule has 3 rings (SSSR count). The number of amides is 1. The number of carbonyl (C=O) groups is 2. The predicted octanol–water partition coefficient (Wildman–Crippen LogP) is 1.61. The first kappa shape index (κ1) is 14.1. The van der Waals surface area contributed by atoms with Gasteiger partial charge in [0.2, 0.25) is 0 Å². The Balaban J connectivity index is 1.58. The van der Waals surface area contributed by atoms with E-state index in [0.717, 1.165) is 25.9 Å². The Morgan fingerprint density at radius 2 is 2.24 bits per heavy atom. The lowest BCUT2D eigenvalue weighted by molar-refractivity contribution is -0.151. The number of hydrogen-bond acceptors (Lipinski definition) is 5. The first-order chi connectivity index (χ1) is 10.3. The van der Waals surface area contributed by atoms with Gasteiger partial charge in [-0.25, -0.2) is 4.79 Å². The van der Waals surface area contributed by atoms with Crippen molar-refractivity contribution in [1.82, 2.24) is 4.90 Å². The number of rotatable bonds is 4. The Labute approximate surface area is 123 Å². The summed E-state index contributed by atoms with van der Waals surface area (Å²) in [5.74, 6) is -0.340. The summed E-state index contributed by atoms with van der Waals surface area (Å²) in [7, 11) is 0. The smallest absolute Gasteiger partial charge is 0.328 e. The van der Waals surface area contributed by atoms with Crippen LogP contribution < -0.4 is 0 Å². The average Bonchev–Trinajstić information content (AvgIpc) is 3.26. The van der Waals surface area contributed by atoms with Crippen LogP contribution in [0.1, 0.15) is 36.2 Å². The summed E-state index contributed by atoms with van der Waals surface area (Å²) < 4.78 is 15.9. The van der Waals surface area contributed by atoms with Crippen molar-refractivity contribution in [2.45, 2.75) is 37.8 Å². The van der Waals surface area contributed by atoms with Crippen LogP contribution in [0.5, 0.6) is 0 Å². The van der Waals surface area contributed by atoms with Crippen LogP contribution in [-0.2, 0) is 14.3 Å². The van der Waals surface area contributed by atoms with Crippen molar-refractivity contribution in [3.05, 3.63) is 24.2 Å². The molecule has 0 N–H and O–H groups in total. The fraction of sp³-hybridized carbons (Fsp3) is 0.600.